The first kappa shape index (κ1) is 12.5. The second kappa shape index (κ2) is 4.96. The normalized spacial score (nSPS) is 14.1. The van der Waals surface area contributed by atoms with Gasteiger partial charge >= 0.3 is 0 Å². The van der Waals surface area contributed by atoms with Gasteiger partial charge in [0.05, 0.1) is 6.20 Å². The van der Waals surface area contributed by atoms with Crippen molar-refractivity contribution in [1.82, 2.24) is 14.7 Å². The van der Waals surface area contributed by atoms with Crippen molar-refractivity contribution in [2.24, 2.45) is 0 Å². The maximum absolute atomic E-state index is 11.7. The van der Waals surface area contributed by atoms with E-state index in [1.54, 1.807) is 13.8 Å². The molecule has 1 aromatic rings. The molecule has 0 spiro atoms. The highest BCUT2D eigenvalue weighted by atomic mass is 35.5. The molecule has 0 aliphatic heterocycles. The Morgan fingerprint density at radius 2 is 2.33 bits per heavy atom. The number of hydrogen-bond donors (Lipinski definition) is 2. The quantitative estimate of drug-likeness (QED) is 0.767. The highest BCUT2D eigenvalue weighted by Crippen LogP contribution is 2.06. The van der Waals surface area contributed by atoms with Gasteiger partial charge in [0.2, 0.25) is 0 Å². The largest absolute Gasteiger partial charge is 0.332 e. The minimum Gasteiger partial charge on any atom is -0.332 e. The highest BCUT2D eigenvalue weighted by molar-refractivity contribution is 7.89. The van der Waals surface area contributed by atoms with Gasteiger partial charge in [-0.05, 0) is 20.3 Å². The molecule has 1 rings (SSSR count). The summed E-state index contributed by atoms with van der Waals surface area (Å²) in [5, 5.41) is 0.0847. The van der Waals surface area contributed by atoms with Gasteiger partial charge in [0.1, 0.15) is 5.82 Å². The Morgan fingerprint density at radius 3 is 2.80 bits per heavy atom. The van der Waals surface area contributed by atoms with Gasteiger partial charge in [-0.1, -0.05) is 0 Å². The highest BCUT2D eigenvalue weighted by Gasteiger charge is 2.18. The third-order valence-electron chi connectivity index (χ3n) is 1.87. The Morgan fingerprint density at radius 1 is 1.67 bits per heavy atom. The smallest absolute Gasteiger partial charge is 0.257 e. The van der Waals surface area contributed by atoms with Gasteiger partial charge in [0, 0.05) is 11.9 Å². The molecule has 2 N–H and O–H groups in total. The van der Waals surface area contributed by atoms with Crippen molar-refractivity contribution in [3.63, 3.8) is 0 Å². The first-order chi connectivity index (χ1) is 6.95. The Balaban J connectivity index is 2.76. The topological polar surface area (TPSA) is 74.8 Å². The fourth-order valence-corrected chi connectivity index (χ4v) is 2.66. The summed E-state index contributed by atoms with van der Waals surface area (Å²) < 4.78 is 25.9. The summed E-state index contributed by atoms with van der Waals surface area (Å²) in [6, 6.07) is -0.184. The molecule has 1 heterocycles. The molecule has 0 radical (unpaired) electrons. The zero-order valence-electron chi connectivity index (χ0n) is 8.62. The molecule has 0 saturated heterocycles. The number of aryl methyl sites for hydroxylation is 1. The first-order valence-corrected chi connectivity index (χ1v) is 6.57. The molecular weight excluding hydrogens is 238 g/mol. The molecule has 0 bridgehead atoms. The molecule has 0 aromatic carbocycles. The number of sulfonamides is 1. The standard InChI is InChI=1S/C8H14ClN3O2S/c1-6(3-4-9)12-15(13,14)8-5-10-7(2)11-8/h5-6,12H,3-4H2,1-2H3,(H,10,11). The number of alkyl halides is 1. The Bertz CT molecular complexity index is 415. The molecule has 1 atom stereocenters. The van der Waals surface area contributed by atoms with Crippen LogP contribution in [0.25, 0.3) is 0 Å². The SMILES string of the molecule is Cc1ncc(S(=O)(=O)NC(C)CCCl)[nH]1. The average Bonchev–Trinajstić information content (AvgIpc) is 2.51. The lowest BCUT2D eigenvalue weighted by Gasteiger charge is -2.11. The maximum Gasteiger partial charge on any atom is 0.257 e. The monoisotopic (exact) mass is 251 g/mol. The van der Waals surface area contributed by atoms with E-state index in [4.69, 9.17) is 11.6 Å². The van der Waals surface area contributed by atoms with Crippen molar-refractivity contribution in [2.45, 2.75) is 31.3 Å². The van der Waals surface area contributed by atoms with E-state index in [0.29, 0.717) is 18.1 Å². The van der Waals surface area contributed by atoms with E-state index >= 15 is 0 Å². The molecule has 15 heavy (non-hydrogen) atoms. The summed E-state index contributed by atoms with van der Waals surface area (Å²) >= 11 is 5.52. The predicted molar refractivity (Wildman–Crippen MR) is 58.4 cm³/mol. The van der Waals surface area contributed by atoms with Crippen molar-refractivity contribution in [3.05, 3.63) is 12.0 Å². The van der Waals surface area contributed by atoms with Gasteiger partial charge in [-0.2, -0.15) is 0 Å². The van der Waals surface area contributed by atoms with Gasteiger partial charge in [-0.3, -0.25) is 0 Å². The first-order valence-electron chi connectivity index (χ1n) is 4.55. The number of rotatable bonds is 5. The van der Waals surface area contributed by atoms with Crippen LogP contribution in [0.4, 0.5) is 0 Å². The Kier molecular flexibility index (Phi) is 4.12. The van der Waals surface area contributed by atoms with Gasteiger partial charge in [0.15, 0.2) is 5.03 Å². The van der Waals surface area contributed by atoms with Crippen LogP contribution < -0.4 is 4.72 Å². The van der Waals surface area contributed by atoms with Crippen molar-refractivity contribution < 1.29 is 8.42 Å². The number of imidazole rings is 1. The lowest BCUT2D eigenvalue weighted by atomic mass is 10.3. The Labute approximate surface area is 94.3 Å². The summed E-state index contributed by atoms with van der Waals surface area (Å²) in [7, 11) is -3.49. The number of halogens is 1. The van der Waals surface area contributed by atoms with Gasteiger partial charge < -0.3 is 4.98 Å². The molecule has 86 valence electrons. The predicted octanol–water partition coefficient (Wildman–Crippen LogP) is 1.01. The summed E-state index contributed by atoms with van der Waals surface area (Å²) in [5.41, 5.74) is 0. The number of H-pyrrole nitrogens is 1. The van der Waals surface area contributed by atoms with E-state index in [9.17, 15) is 8.42 Å². The molecule has 5 nitrogen and oxygen atoms in total. The van der Waals surface area contributed by atoms with Crippen LogP contribution in [-0.4, -0.2) is 30.3 Å². The number of nitrogens with one attached hydrogen (secondary N) is 2. The van der Waals surface area contributed by atoms with Crippen LogP contribution in [0.15, 0.2) is 11.2 Å². The van der Waals surface area contributed by atoms with Crippen LogP contribution in [0.5, 0.6) is 0 Å². The minimum atomic E-state index is -3.49. The van der Waals surface area contributed by atoms with E-state index in [1.807, 2.05) is 0 Å². The van der Waals surface area contributed by atoms with E-state index in [0.717, 1.165) is 0 Å². The van der Waals surface area contributed by atoms with Crippen LogP contribution in [0.2, 0.25) is 0 Å². The third-order valence-corrected chi connectivity index (χ3v) is 3.58. The number of nitrogens with zero attached hydrogens (tertiary/aromatic N) is 1. The zero-order chi connectivity index (χ0) is 11.5. The molecular formula is C8H14ClN3O2S. The van der Waals surface area contributed by atoms with Crippen molar-refractivity contribution in [1.29, 1.82) is 0 Å². The molecule has 1 aromatic heterocycles. The van der Waals surface area contributed by atoms with Crippen LogP contribution in [0, 0.1) is 6.92 Å². The van der Waals surface area contributed by atoms with Crippen LogP contribution in [0.3, 0.4) is 0 Å². The van der Waals surface area contributed by atoms with Crippen LogP contribution in [-0.2, 0) is 10.0 Å². The second-order valence-corrected chi connectivity index (χ2v) is 5.39. The van der Waals surface area contributed by atoms with E-state index < -0.39 is 10.0 Å². The maximum atomic E-state index is 11.7. The second-order valence-electron chi connectivity index (χ2n) is 3.33. The molecule has 0 fully saturated rings. The van der Waals surface area contributed by atoms with E-state index in [1.165, 1.54) is 6.20 Å². The minimum absolute atomic E-state index is 0.0847. The average molecular weight is 252 g/mol. The number of aromatic nitrogens is 2. The number of hydrogen-bond acceptors (Lipinski definition) is 3. The summed E-state index contributed by atoms with van der Waals surface area (Å²) in [6.45, 7) is 3.46. The fourth-order valence-electron chi connectivity index (χ4n) is 1.09. The fraction of sp³-hybridized carbons (Fsp3) is 0.625. The van der Waals surface area contributed by atoms with Crippen LogP contribution >= 0.6 is 11.6 Å². The molecule has 0 amide bonds. The van der Waals surface area contributed by atoms with Gasteiger partial charge in [-0.25, -0.2) is 18.1 Å². The summed E-state index contributed by atoms with van der Waals surface area (Å²) in [6.07, 6.45) is 1.89. The van der Waals surface area contributed by atoms with Crippen molar-refractivity contribution >= 4 is 21.6 Å². The van der Waals surface area contributed by atoms with Crippen molar-refractivity contribution in [2.75, 3.05) is 5.88 Å². The molecule has 7 heteroatoms. The zero-order valence-corrected chi connectivity index (χ0v) is 10.2. The molecule has 0 aliphatic rings. The van der Waals surface area contributed by atoms with E-state index in [2.05, 4.69) is 14.7 Å². The third kappa shape index (κ3) is 3.48. The van der Waals surface area contributed by atoms with Crippen molar-refractivity contribution in [3.8, 4) is 0 Å². The van der Waals surface area contributed by atoms with Gasteiger partial charge in [0.25, 0.3) is 10.0 Å². The summed E-state index contributed by atoms with van der Waals surface area (Å²) in [4.78, 5) is 6.50. The molecule has 1 unspecified atom stereocenters. The van der Waals surface area contributed by atoms with Crippen LogP contribution in [0.1, 0.15) is 19.2 Å². The summed E-state index contributed by atoms with van der Waals surface area (Å²) in [5.74, 6) is 0.992. The molecule has 0 saturated carbocycles. The lowest BCUT2D eigenvalue weighted by Crippen LogP contribution is -2.33. The van der Waals surface area contributed by atoms with E-state index in [-0.39, 0.29) is 11.1 Å². The Hall–Kier alpha value is -0.590. The molecule has 0 aliphatic carbocycles. The van der Waals surface area contributed by atoms with Gasteiger partial charge in [-0.15, -0.1) is 11.6 Å². The number of aromatic amines is 1. The lowest BCUT2D eigenvalue weighted by molar-refractivity contribution is 0.553.